The standard InChI is InChI=1S/C56H46N4O4S4/c1-33(61)65-29-37-13-5-9-17-41(37)53-45-21-23-47(57-45)54(42-18-10-6-14-38(42)30-66-34(2)62)49-25-27-51(59-49)56(44-20-12-8-16-40(44)32-68-36(4)64)52-28-26-50(60-52)55(48-24-22-46(53)58-48)43-19-11-7-15-39(43)31-67-35(3)63/h5-28,57,60H,29-32H2,1-4H3. The number of thioether (sulfide) groups is 4. The van der Waals surface area contributed by atoms with E-state index in [2.05, 4.69) is 107 Å². The van der Waals surface area contributed by atoms with Gasteiger partial charge >= 0.3 is 0 Å². The Bertz CT molecular complexity index is 2970. The van der Waals surface area contributed by atoms with Gasteiger partial charge in [0.2, 0.25) is 0 Å². The number of benzene rings is 4. The number of fused-ring (bicyclic) bond motifs is 8. The van der Waals surface area contributed by atoms with Gasteiger partial charge in [-0.05, 0) is 93.1 Å². The normalized spacial score (nSPS) is 11.8. The number of carbonyl (C=O) groups is 4. The summed E-state index contributed by atoms with van der Waals surface area (Å²) in [6, 6.07) is 41.0. The van der Waals surface area contributed by atoms with Crippen LogP contribution in [-0.2, 0) is 42.2 Å². The van der Waals surface area contributed by atoms with Crippen LogP contribution in [0.3, 0.4) is 0 Å². The van der Waals surface area contributed by atoms with Crippen molar-refractivity contribution in [1.29, 1.82) is 0 Å². The first-order chi connectivity index (χ1) is 33.0. The Hall–Kier alpha value is -6.44. The molecule has 0 unspecified atom stereocenters. The van der Waals surface area contributed by atoms with E-state index >= 15 is 0 Å². The van der Waals surface area contributed by atoms with Gasteiger partial charge in [0.15, 0.2) is 20.5 Å². The first-order valence-electron chi connectivity index (χ1n) is 22.0. The van der Waals surface area contributed by atoms with Crippen molar-refractivity contribution in [2.45, 2.75) is 50.7 Å². The zero-order chi connectivity index (χ0) is 47.3. The van der Waals surface area contributed by atoms with Gasteiger partial charge in [-0.1, -0.05) is 144 Å². The third-order valence-electron chi connectivity index (χ3n) is 11.6. The van der Waals surface area contributed by atoms with Crippen LogP contribution in [0.5, 0.6) is 0 Å². The molecule has 8 bridgehead atoms. The minimum Gasteiger partial charge on any atom is -0.354 e. The molecule has 5 heterocycles. The largest absolute Gasteiger partial charge is 0.354 e. The zero-order valence-corrected chi connectivity index (χ0v) is 41.1. The van der Waals surface area contributed by atoms with Gasteiger partial charge in [0.05, 0.1) is 22.8 Å². The molecule has 0 fully saturated rings. The summed E-state index contributed by atoms with van der Waals surface area (Å²) in [4.78, 5) is 68.2. The smallest absolute Gasteiger partial charge is 0.186 e. The summed E-state index contributed by atoms with van der Waals surface area (Å²) in [7, 11) is 0. The molecule has 2 aliphatic heterocycles. The highest BCUT2D eigenvalue weighted by molar-refractivity contribution is 8.13. The molecule has 0 aliphatic carbocycles. The highest BCUT2D eigenvalue weighted by Gasteiger charge is 2.23. The zero-order valence-electron chi connectivity index (χ0n) is 37.8. The summed E-state index contributed by atoms with van der Waals surface area (Å²) in [5.74, 6) is 1.92. The van der Waals surface area contributed by atoms with Gasteiger partial charge in [-0.15, -0.1) is 0 Å². The van der Waals surface area contributed by atoms with Crippen LogP contribution in [0.1, 0.15) is 72.7 Å². The van der Waals surface area contributed by atoms with Crippen molar-refractivity contribution >= 4 is 114 Å². The molecule has 0 amide bonds. The quantitative estimate of drug-likeness (QED) is 0.122. The van der Waals surface area contributed by atoms with E-state index in [1.54, 1.807) is 27.7 Å². The van der Waals surface area contributed by atoms with Gasteiger partial charge < -0.3 is 9.97 Å². The molecule has 2 N–H and O–H groups in total. The first-order valence-corrected chi connectivity index (χ1v) is 26.0. The van der Waals surface area contributed by atoms with Gasteiger partial charge in [-0.25, -0.2) is 9.97 Å². The minimum absolute atomic E-state index is 0.0334. The number of rotatable bonds is 12. The van der Waals surface area contributed by atoms with E-state index in [1.807, 2.05) is 48.5 Å². The summed E-state index contributed by atoms with van der Waals surface area (Å²) in [6.07, 6.45) is 8.22. The SMILES string of the molecule is CC(=O)SCc1ccccc1-c1c2nc(c(-c3ccccc3CSC(C)=O)c3ccc([nH]3)c(-c3ccccc3CSC(C)=O)c3nc(c(-c4ccccc4CSC(C)=O)c4ccc1[nH]4)C=C3)C=C2. The van der Waals surface area contributed by atoms with Gasteiger partial charge in [0, 0.05) is 95.0 Å². The number of H-pyrrole nitrogens is 2. The van der Waals surface area contributed by atoms with Crippen molar-refractivity contribution in [2.75, 3.05) is 0 Å². The van der Waals surface area contributed by atoms with Crippen molar-refractivity contribution < 1.29 is 19.2 Å². The van der Waals surface area contributed by atoms with Crippen molar-refractivity contribution in [3.05, 3.63) is 166 Å². The fraction of sp³-hybridized carbons (Fsp3) is 0.143. The molecule has 4 aromatic carbocycles. The maximum Gasteiger partial charge on any atom is 0.186 e. The molecule has 7 aromatic rings. The molecule has 12 heteroatoms. The monoisotopic (exact) mass is 966 g/mol. The molecular formula is C56H46N4O4S4. The molecular weight excluding hydrogens is 921 g/mol. The summed E-state index contributed by atoms with van der Waals surface area (Å²) < 4.78 is 0. The van der Waals surface area contributed by atoms with Crippen molar-refractivity contribution in [3.8, 4) is 44.5 Å². The van der Waals surface area contributed by atoms with Crippen LogP contribution in [0.2, 0.25) is 0 Å². The average molecular weight is 967 g/mol. The van der Waals surface area contributed by atoms with E-state index in [0.29, 0.717) is 23.0 Å². The van der Waals surface area contributed by atoms with E-state index in [-0.39, 0.29) is 20.5 Å². The molecule has 338 valence electrons. The van der Waals surface area contributed by atoms with Crippen LogP contribution in [0.25, 0.3) is 90.9 Å². The van der Waals surface area contributed by atoms with Crippen LogP contribution in [-0.4, -0.2) is 40.4 Å². The van der Waals surface area contributed by atoms with Crippen LogP contribution >= 0.6 is 47.0 Å². The summed E-state index contributed by atoms with van der Waals surface area (Å²) in [5.41, 5.74) is 17.4. The Morgan fingerprint density at radius 1 is 0.353 bits per heavy atom. The topological polar surface area (TPSA) is 126 Å². The van der Waals surface area contributed by atoms with Gasteiger partial charge in [0.25, 0.3) is 0 Å². The molecule has 0 saturated heterocycles. The Balaban J connectivity index is 1.46. The van der Waals surface area contributed by atoms with Gasteiger partial charge in [0.1, 0.15) is 0 Å². The highest BCUT2D eigenvalue weighted by atomic mass is 32.2. The number of hydrogen-bond donors (Lipinski definition) is 2. The molecule has 2 aliphatic rings. The maximum absolute atomic E-state index is 12.4. The van der Waals surface area contributed by atoms with Gasteiger partial charge in [-0.2, -0.15) is 0 Å². The lowest BCUT2D eigenvalue weighted by atomic mass is 9.98. The predicted octanol–water partition coefficient (Wildman–Crippen LogP) is 14.4. The van der Waals surface area contributed by atoms with E-state index < -0.39 is 0 Å². The molecule has 8 nitrogen and oxygen atoms in total. The van der Waals surface area contributed by atoms with Crippen molar-refractivity contribution in [3.63, 3.8) is 0 Å². The fourth-order valence-corrected chi connectivity index (χ4v) is 11.1. The summed E-state index contributed by atoms with van der Waals surface area (Å²) in [6.45, 7) is 6.36. The molecule has 68 heavy (non-hydrogen) atoms. The summed E-state index contributed by atoms with van der Waals surface area (Å²) in [5, 5.41) is 0.134. The van der Waals surface area contributed by atoms with Crippen LogP contribution in [0.15, 0.2) is 121 Å². The van der Waals surface area contributed by atoms with Gasteiger partial charge in [-0.3, -0.25) is 19.2 Å². The molecule has 0 atom stereocenters. The molecule has 0 spiro atoms. The minimum atomic E-state index is 0.0334. The lowest BCUT2D eigenvalue weighted by molar-refractivity contribution is -0.109. The molecule has 0 radical (unpaired) electrons. The van der Waals surface area contributed by atoms with E-state index in [0.717, 1.165) is 112 Å². The third kappa shape index (κ3) is 10.2. The van der Waals surface area contributed by atoms with Crippen molar-refractivity contribution in [1.82, 2.24) is 19.9 Å². The molecule has 3 aromatic heterocycles. The van der Waals surface area contributed by atoms with E-state index in [1.165, 1.54) is 47.0 Å². The first kappa shape index (κ1) is 46.7. The Morgan fingerprint density at radius 2 is 0.574 bits per heavy atom. The number of nitrogens with zero attached hydrogens (tertiary/aromatic N) is 2. The fourth-order valence-electron chi connectivity index (χ4n) is 8.62. The number of hydrogen-bond acceptors (Lipinski definition) is 10. The van der Waals surface area contributed by atoms with Crippen LogP contribution in [0.4, 0.5) is 0 Å². The van der Waals surface area contributed by atoms with Crippen LogP contribution < -0.4 is 0 Å². The number of aromatic amines is 2. The van der Waals surface area contributed by atoms with Crippen molar-refractivity contribution in [2.24, 2.45) is 0 Å². The predicted molar refractivity (Wildman–Crippen MR) is 289 cm³/mol. The molecule has 0 saturated carbocycles. The second kappa shape index (κ2) is 20.8. The second-order valence-electron chi connectivity index (χ2n) is 16.3. The van der Waals surface area contributed by atoms with E-state index in [9.17, 15) is 19.2 Å². The third-order valence-corrected chi connectivity index (χ3v) is 15.1. The average Bonchev–Trinajstić information content (AvgIpc) is 4.19. The number of nitrogens with one attached hydrogen (secondary N) is 2. The second-order valence-corrected chi connectivity index (χ2v) is 20.9. The lowest BCUT2D eigenvalue weighted by Crippen LogP contribution is -1.95. The Kier molecular flexibility index (Phi) is 14.3. The van der Waals surface area contributed by atoms with E-state index in [4.69, 9.17) is 9.97 Å². The maximum atomic E-state index is 12.4. The molecule has 9 rings (SSSR count). The number of aromatic nitrogens is 4. The highest BCUT2D eigenvalue weighted by Crippen LogP contribution is 2.42. The Labute approximate surface area is 412 Å². The Morgan fingerprint density at radius 3 is 0.794 bits per heavy atom. The lowest BCUT2D eigenvalue weighted by Gasteiger charge is -2.12. The number of carbonyl (C=O) groups excluding carboxylic acids is 4. The van der Waals surface area contributed by atoms with Crippen LogP contribution in [0, 0.1) is 0 Å². The summed E-state index contributed by atoms with van der Waals surface area (Å²) >= 11 is 5.08.